The number of rotatable bonds is 4. The van der Waals surface area contributed by atoms with Gasteiger partial charge in [-0.2, -0.15) is 5.26 Å². The van der Waals surface area contributed by atoms with Gasteiger partial charge in [-0.15, -0.1) is 11.3 Å². The molecule has 0 aliphatic carbocycles. The SMILES string of the molecule is Cc1ccc(C(=O)C(C#N)C(=O)Nc2ccccc2C)s1. The van der Waals surface area contributed by atoms with Crippen LogP contribution >= 0.6 is 11.3 Å². The van der Waals surface area contributed by atoms with E-state index in [4.69, 9.17) is 5.26 Å². The molecule has 21 heavy (non-hydrogen) atoms. The minimum absolute atomic E-state index is 0.430. The van der Waals surface area contributed by atoms with Crippen LogP contribution in [0.25, 0.3) is 0 Å². The average Bonchev–Trinajstić information content (AvgIpc) is 2.89. The van der Waals surface area contributed by atoms with E-state index in [1.807, 2.05) is 26.0 Å². The van der Waals surface area contributed by atoms with Crippen molar-refractivity contribution < 1.29 is 9.59 Å². The van der Waals surface area contributed by atoms with Gasteiger partial charge in [-0.1, -0.05) is 18.2 Å². The number of amides is 1. The highest BCUT2D eigenvalue weighted by Crippen LogP contribution is 2.21. The summed E-state index contributed by atoms with van der Waals surface area (Å²) in [4.78, 5) is 25.8. The average molecular weight is 298 g/mol. The maximum Gasteiger partial charge on any atom is 0.249 e. The van der Waals surface area contributed by atoms with Crippen molar-refractivity contribution in [2.75, 3.05) is 5.32 Å². The fourth-order valence-electron chi connectivity index (χ4n) is 1.86. The lowest BCUT2D eigenvalue weighted by molar-refractivity contribution is -0.117. The van der Waals surface area contributed by atoms with Gasteiger partial charge in [0.1, 0.15) is 0 Å². The van der Waals surface area contributed by atoms with Gasteiger partial charge in [0.25, 0.3) is 0 Å². The Morgan fingerprint density at radius 2 is 1.90 bits per heavy atom. The van der Waals surface area contributed by atoms with E-state index in [0.29, 0.717) is 10.6 Å². The zero-order valence-electron chi connectivity index (χ0n) is 11.7. The van der Waals surface area contributed by atoms with Crippen LogP contribution in [0.4, 0.5) is 5.69 Å². The number of nitriles is 1. The maximum absolute atomic E-state index is 12.2. The molecular formula is C16H14N2O2S. The number of nitrogens with one attached hydrogen (secondary N) is 1. The number of nitrogens with zero attached hydrogens (tertiary/aromatic N) is 1. The first kappa shape index (κ1) is 14.9. The molecule has 2 aromatic rings. The lowest BCUT2D eigenvalue weighted by atomic mass is 10.0. The van der Waals surface area contributed by atoms with Crippen molar-refractivity contribution in [1.82, 2.24) is 0 Å². The van der Waals surface area contributed by atoms with E-state index in [-0.39, 0.29) is 0 Å². The molecule has 2 rings (SSSR count). The minimum Gasteiger partial charge on any atom is -0.324 e. The minimum atomic E-state index is -1.33. The smallest absolute Gasteiger partial charge is 0.249 e. The van der Waals surface area contributed by atoms with Crippen molar-refractivity contribution in [3.63, 3.8) is 0 Å². The number of benzene rings is 1. The standard InChI is InChI=1S/C16H14N2O2S/c1-10-5-3-4-6-13(10)18-16(20)12(9-17)15(19)14-8-7-11(2)21-14/h3-8,12H,1-2H3,(H,18,20). The molecule has 0 saturated carbocycles. The van der Waals surface area contributed by atoms with E-state index < -0.39 is 17.6 Å². The highest BCUT2D eigenvalue weighted by atomic mass is 32.1. The molecule has 106 valence electrons. The van der Waals surface area contributed by atoms with Crippen LogP contribution in [-0.2, 0) is 4.79 Å². The van der Waals surface area contributed by atoms with Crippen molar-refractivity contribution in [3.05, 3.63) is 51.7 Å². The van der Waals surface area contributed by atoms with Crippen molar-refractivity contribution in [1.29, 1.82) is 5.26 Å². The van der Waals surface area contributed by atoms with Gasteiger partial charge in [0.15, 0.2) is 11.7 Å². The molecule has 0 fully saturated rings. The van der Waals surface area contributed by atoms with E-state index in [2.05, 4.69) is 5.32 Å². The quantitative estimate of drug-likeness (QED) is 0.695. The van der Waals surface area contributed by atoms with Crippen LogP contribution in [0.3, 0.4) is 0 Å². The van der Waals surface area contributed by atoms with Gasteiger partial charge in [0.2, 0.25) is 5.91 Å². The second kappa shape index (κ2) is 6.33. The second-order valence-corrected chi connectivity index (χ2v) is 5.93. The summed E-state index contributed by atoms with van der Waals surface area (Å²) < 4.78 is 0. The number of aryl methyl sites for hydroxylation is 2. The number of hydrogen-bond donors (Lipinski definition) is 1. The van der Waals surface area contributed by atoms with Gasteiger partial charge >= 0.3 is 0 Å². The summed E-state index contributed by atoms with van der Waals surface area (Å²) in [7, 11) is 0. The Labute approximate surface area is 127 Å². The highest BCUT2D eigenvalue weighted by molar-refractivity contribution is 7.14. The van der Waals surface area contributed by atoms with Gasteiger partial charge < -0.3 is 5.32 Å². The molecule has 0 radical (unpaired) electrons. The van der Waals surface area contributed by atoms with Crippen LogP contribution in [0.2, 0.25) is 0 Å². The number of Topliss-reactive ketones (excluding diaryl/α,β-unsaturated/α-hetero) is 1. The summed E-state index contributed by atoms with van der Waals surface area (Å²) >= 11 is 1.29. The van der Waals surface area contributed by atoms with E-state index >= 15 is 0 Å². The third-order valence-electron chi connectivity index (χ3n) is 3.04. The Bertz CT molecular complexity index is 728. The maximum atomic E-state index is 12.2. The van der Waals surface area contributed by atoms with Crippen LogP contribution in [-0.4, -0.2) is 11.7 Å². The summed E-state index contributed by atoms with van der Waals surface area (Å²) in [6.07, 6.45) is 0. The highest BCUT2D eigenvalue weighted by Gasteiger charge is 2.28. The fraction of sp³-hybridized carbons (Fsp3) is 0.188. The molecular weight excluding hydrogens is 284 g/mol. The fourth-order valence-corrected chi connectivity index (χ4v) is 2.70. The second-order valence-electron chi connectivity index (χ2n) is 4.64. The van der Waals surface area contributed by atoms with Crippen LogP contribution in [0.1, 0.15) is 20.1 Å². The van der Waals surface area contributed by atoms with E-state index in [1.165, 1.54) is 11.3 Å². The van der Waals surface area contributed by atoms with Gasteiger partial charge in [0.05, 0.1) is 10.9 Å². The normalized spacial score (nSPS) is 11.5. The molecule has 1 unspecified atom stereocenters. The predicted molar refractivity (Wildman–Crippen MR) is 82.3 cm³/mol. The lowest BCUT2D eigenvalue weighted by Gasteiger charge is -2.10. The third kappa shape index (κ3) is 3.36. The van der Waals surface area contributed by atoms with Crippen LogP contribution < -0.4 is 5.32 Å². The molecule has 1 amide bonds. The van der Waals surface area contributed by atoms with Crippen molar-refractivity contribution >= 4 is 28.7 Å². The number of thiophene rings is 1. The Balaban J connectivity index is 2.18. The molecule has 1 N–H and O–H groups in total. The Kier molecular flexibility index (Phi) is 4.51. The zero-order chi connectivity index (χ0) is 15.4. The number of anilines is 1. The van der Waals surface area contributed by atoms with Gasteiger partial charge in [-0.3, -0.25) is 9.59 Å². The summed E-state index contributed by atoms with van der Waals surface area (Å²) in [6.45, 7) is 3.72. The molecule has 0 aliphatic rings. The molecule has 1 heterocycles. The molecule has 0 spiro atoms. The van der Waals surface area contributed by atoms with E-state index in [1.54, 1.807) is 30.3 Å². The van der Waals surface area contributed by atoms with Crippen LogP contribution in [0, 0.1) is 31.1 Å². The summed E-state index contributed by atoms with van der Waals surface area (Å²) in [5, 5.41) is 11.8. The zero-order valence-corrected chi connectivity index (χ0v) is 12.5. The van der Waals surface area contributed by atoms with Crippen molar-refractivity contribution in [2.45, 2.75) is 13.8 Å². The van der Waals surface area contributed by atoms with E-state index in [0.717, 1.165) is 10.4 Å². The Morgan fingerprint density at radius 1 is 1.19 bits per heavy atom. The first-order chi connectivity index (χ1) is 10.0. The van der Waals surface area contributed by atoms with Crippen LogP contribution in [0.15, 0.2) is 36.4 Å². The summed E-state index contributed by atoms with van der Waals surface area (Å²) in [6, 6.07) is 12.5. The summed E-state index contributed by atoms with van der Waals surface area (Å²) in [5.74, 6) is -2.38. The number of carbonyl (C=O) groups excluding carboxylic acids is 2. The van der Waals surface area contributed by atoms with E-state index in [9.17, 15) is 9.59 Å². The lowest BCUT2D eigenvalue weighted by Crippen LogP contribution is -2.28. The molecule has 1 aromatic heterocycles. The number of hydrogen-bond acceptors (Lipinski definition) is 4. The molecule has 0 aliphatic heterocycles. The Morgan fingerprint density at radius 3 is 2.48 bits per heavy atom. The Hall–Kier alpha value is -2.45. The van der Waals surface area contributed by atoms with Crippen molar-refractivity contribution in [2.24, 2.45) is 5.92 Å². The number of para-hydroxylation sites is 1. The molecule has 1 atom stereocenters. The van der Waals surface area contributed by atoms with Crippen LogP contribution in [0.5, 0.6) is 0 Å². The largest absolute Gasteiger partial charge is 0.324 e. The molecule has 4 nitrogen and oxygen atoms in total. The third-order valence-corrected chi connectivity index (χ3v) is 4.05. The molecule has 5 heteroatoms. The van der Waals surface area contributed by atoms with Crippen molar-refractivity contribution in [3.8, 4) is 6.07 Å². The first-order valence-corrected chi connectivity index (χ1v) is 7.21. The molecule has 0 saturated heterocycles. The number of ketones is 1. The number of carbonyl (C=O) groups is 2. The first-order valence-electron chi connectivity index (χ1n) is 6.39. The van der Waals surface area contributed by atoms with Gasteiger partial charge in [-0.05, 0) is 37.6 Å². The molecule has 1 aromatic carbocycles. The topological polar surface area (TPSA) is 70.0 Å². The summed E-state index contributed by atoms with van der Waals surface area (Å²) in [5.41, 5.74) is 1.49. The van der Waals surface area contributed by atoms with Gasteiger partial charge in [-0.25, -0.2) is 0 Å². The van der Waals surface area contributed by atoms with Gasteiger partial charge in [0, 0.05) is 10.6 Å². The monoisotopic (exact) mass is 298 g/mol. The predicted octanol–water partition coefficient (Wildman–Crippen LogP) is 3.33. The molecule has 0 bridgehead atoms.